The van der Waals surface area contributed by atoms with Gasteiger partial charge in [-0.1, -0.05) is 34.3 Å². The van der Waals surface area contributed by atoms with Gasteiger partial charge >= 0.3 is 0 Å². The highest BCUT2D eigenvalue weighted by Crippen LogP contribution is 2.01. The molecule has 0 bridgehead atoms. The van der Waals surface area contributed by atoms with Crippen molar-refractivity contribution in [2.75, 3.05) is 33.7 Å². The van der Waals surface area contributed by atoms with Crippen molar-refractivity contribution in [2.24, 2.45) is 10.3 Å². The van der Waals surface area contributed by atoms with E-state index in [-0.39, 0.29) is 13.2 Å². The van der Waals surface area contributed by atoms with Crippen LogP contribution in [0.5, 0.6) is 0 Å². The van der Waals surface area contributed by atoms with Gasteiger partial charge in [0, 0.05) is 0 Å². The van der Waals surface area contributed by atoms with E-state index in [1.165, 1.54) is 14.2 Å². The minimum atomic E-state index is -3.47. The Hall–Kier alpha value is -3.77. The number of rotatable bonds is 6. The summed E-state index contributed by atoms with van der Waals surface area (Å²) in [5, 5.41) is 16.1. The number of aliphatic hydroxyl groups excluding tert-OH is 1. The molecule has 10 nitrogen and oxygen atoms in total. The molecule has 0 spiro atoms. The lowest BCUT2D eigenvalue weighted by Gasteiger charge is -1.99. The number of aromatic nitrogens is 2. The zero-order valence-corrected chi connectivity index (χ0v) is 20.4. The summed E-state index contributed by atoms with van der Waals surface area (Å²) in [5.74, 6) is 10.5. The summed E-state index contributed by atoms with van der Waals surface area (Å²) in [5.41, 5.74) is 3.76. The lowest BCUT2D eigenvalue weighted by Crippen LogP contribution is -2.03. The fourth-order valence-electron chi connectivity index (χ4n) is 2.17. The Balaban J connectivity index is 0.000000350. The van der Waals surface area contributed by atoms with E-state index in [1.54, 1.807) is 38.1 Å². The third-order valence-electron chi connectivity index (χ3n) is 3.55. The van der Waals surface area contributed by atoms with Crippen LogP contribution in [0.25, 0.3) is 0 Å². The molecule has 34 heavy (non-hydrogen) atoms. The standard InChI is InChI=1S/C12H14N2O4S.C11H12N2O2/c1-10(14-17-2)12-8-4-6-11(13-12)7-5-9-18-19(3,15)16;1-9(13-15-2)11-7-3-5-10(12-11)6-4-8-14/h4,6,8H,9H2,1-3H3;3,5,7,14H,8H2,1-2H3/b14-10+;13-9+. The van der Waals surface area contributed by atoms with E-state index in [4.69, 9.17) is 5.11 Å². The van der Waals surface area contributed by atoms with E-state index in [2.05, 4.69) is 57.8 Å². The minimum absolute atomic E-state index is 0.170. The summed E-state index contributed by atoms with van der Waals surface area (Å²) in [6, 6.07) is 10.7. The van der Waals surface area contributed by atoms with Crippen LogP contribution in [0.4, 0.5) is 0 Å². The molecule has 2 heterocycles. The van der Waals surface area contributed by atoms with Gasteiger partial charge in [-0.2, -0.15) is 8.42 Å². The van der Waals surface area contributed by atoms with E-state index in [0.717, 1.165) is 6.26 Å². The van der Waals surface area contributed by atoms with Crippen molar-refractivity contribution in [1.29, 1.82) is 0 Å². The van der Waals surface area contributed by atoms with Gasteiger partial charge < -0.3 is 14.8 Å². The Morgan fingerprint density at radius 2 is 1.38 bits per heavy atom. The predicted octanol–water partition coefficient (Wildman–Crippen LogP) is 1.58. The molecule has 2 aromatic rings. The molecule has 0 aliphatic carbocycles. The molecule has 0 aliphatic heterocycles. The first-order valence-corrected chi connectivity index (χ1v) is 11.5. The van der Waals surface area contributed by atoms with E-state index in [1.807, 2.05) is 12.1 Å². The Morgan fingerprint density at radius 1 is 0.912 bits per heavy atom. The number of nitrogens with zero attached hydrogens (tertiary/aromatic N) is 4. The topological polar surface area (TPSA) is 133 Å². The summed E-state index contributed by atoms with van der Waals surface area (Å²) in [7, 11) is -0.527. The summed E-state index contributed by atoms with van der Waals surface area (Å²) in [4.78, 5) is 17.8. The van der Waals surface area contributed by atoms with Crippen molar-refractivity contribution in [3.8, 4) is 23.7 Å². The smallest absolute Gasteiger partial charge is 0.265 e. The lowest BCUT2D eigenvalue weighted by molar-refractivity contribution is 0.213. The molecule has 0 aliphatic rings. The van der Waals surface area contributed by atoms with Crippen LogP contribution in [0.15, 0.2) is 46.7 Å². The first-order chi connectivity index (χ1) is 16.2. The van der Waals surface area contributed by atoms with Crippen LogP contribution in [-0.4, -0.2) is 68.6 Å². The lowest BCUT2D eigenvalue weighted by atomic mass is 10.2. The van der Waals surface area contributed by atoms with Gasteiger partial charge in [0.2, 0.25) is 0 Å². The second-order valence-corrected chi connectivity index (χ2v) is 7.91. The molecule has 11 heteroatoms. The number of hydrogen-bond acceptors (Lipinski definition) is 10. The molecule has 0 aromatic carbocycles. The zero-order valence-electron chi connectivity index (χ0n) is 19.6. The average Bonchev–Trinajstić information content (AvgIpc) is 2.81. The van der Waals surface area contributed by atoms with Gasteiger partial charge in [-0.25, -0.2) is 9.97 Å². The fourth-order valence-corrected chi connectivity index (χ4v) is 2.45. The average molecular weight is 487 g/mol. The van der Waals surface area contributed by atoms with Gasteiger partial charge in [0.15, 0.2) is 0 Å². The van der Waals surface area contributed by atoms with Crippen LogP contribution in [0.1, 0.15) is 36.6 Å². The first kappa shape index (κ1) is 28.3. The molecule has 2 aromatic heterocycles. The molecule has 0 fully saturated rings. The number of hydrogen-bond donors (Lipinski definition) is 1. The van der Waals surface area contributed by atoms with E-state index in [0.29, 0.717) is 34.2 Å². The van der Waals surface area contributed by atoms with Gasteiger partial charge in [0.1, 0.15) is 50.2 Å². The fraction of sp³-hybridized carbons (Fsp3) is 0.304. The second-order valence-electron chi connectivity index (χ2n) is 6.26. The molecule has 0 saturated carbocycles. The van der Waals surface area contributed by atoms with Crippen molar-refractivity contribution in [3.05, 3.63) is 59.2 Å². The largest absolute Gasteiger partial charge is 0.399 e. The Bertz CT molecular complexity index is 1240. The van der Waals surface area contributed by atoms with Gasteiger partial charge in [-0.15, -0.1) is 0 Å². The normalized spacial score (nSPS) is 11.1. The van der Waals surface area contributed by atoms with Crippen LogP contribution in [0, 0.1) is 23.7 Å². The number of oxime groups is 2. The molecular weight excluding hydrogens is 460 g/mol. The summed E-state index contributed by atoms with van der Waals surface area (Å²) in [6.07, 6.45) is 0.970. The van der Waals surface area contributed by atoms with Crippen LogP contribution in [0.2, 0.25) is 0 Å². The Labute approximate surface area is 199 Å². The van der Waals surface area contributed by atoms with Crippen LogP contribution in [0.3, 0.4) is 0 Å². The second kappa shape index (κ2) is 15.1. The molecule has 0 radical (unpaired) electrons. The number of aliphatic hydroxyl groups is 1. The van der Waals surface area contributed by atoms with Crippen molar-refractivity contribution in [1.82, 2.24) is 9.97 Å². The van der Waals surface area contributed by atoms with Crippen molar-refractivity contribution in [2.45, 2.75) is 13.8 Å². The van der Waals surface area contributed by atoms with E-state index < -0.39 is 10.1 Å². The Morgan fingerprint density at radius 3 is 1.79 bits per heavy atom. The highest BCUT2D eigenvalue weighted by atomic mass is 32.2. The molecular formula is C23H26N4O6S. The minimum Gasteiger partial charge on any atom is -0.399 e. The van der Waals surface area contributed by atoms with Gasteiger partial charge in [0.05, 0.1) is 17.6 Å². The maximum absolute atomic E-state index is 10.7. The van der Waals surface area contributed by atoms with Crippen LogP contribution in [-0.2, 0) is 24.0 Å². The molecule has 0 unspecified atom stereocenters. The summed E-state index contributed by atoms with van der Waals surface area (Å²) >= 11 is 0. The first-order valence-electron chi connectivity index (χ1n) is 9.73. The van der Waals surface area contributed by atoms with Gasteiger partial charge in [-0.3, -0.25) is 4.18 Å². The third kappa shape index (κ3) is 11.7. The summed E-state index contributed by atoms with van der Waals surface area (Å²) < 4.78 is 25.9. The predicted molar refractivity (Wildman–Crippen MR) is 129 cm³/mol. The highest BCUT2D eigenvalue weighted by Gasteiger charge is 2.01. The van der Waals surface area contributed by atoms with Crippen molar-refractivity contribution in [3.63, 3.8) is 0 Å². The molecule has 1 N–H and O–H groups in total. The molecule has 0 atom stereocenters. The highest BCUT2D eigenvalue weighted by molar-refractivity contribution is 7.86. The van der Waals surface area contributed by atoms with Crippen LogP contribution >= 0.6 is 0 Å². The SMILES string of the molecule is CO/N=C(\C)c1cccc(C#CCO)n1.CO/N=C(\C)c1cccc(C#CCOS(C)(=O)=O)n1. The van der Waals surface area contributed by atoms with E-state index >= 15 is 0 Å². The van der Waals surface area contributed by atoms with E-state index in [9.17, 15) is 8.42 Å². The maximum atomic E-state index is 10.7. The summed E-state index contributed by atoms with van der Waals surface area (Å²) in [6.45, 7) is 3.19. The molecule has 2 rings (SSSR count). The molecule has 0 amide bonds. The monoisotopic (exact) mass is 486 g/mol. The van der Waals surface area contributed by atoms with Gasteiger partial charge in [-0.05, 0) is 50.0 Å². The number of pyridine rings is 2. The third-order valence-corrected chi connectivity index (χ3v) is 4.10. The van der Waals surface area contributed by atoms with Crippen LogP contribution < -0.4 is 0 Å². The molecule has 0 saturated heterocycles. The Kier molecular flexibility index (Phi) is 12.6. The van der Waals surface area contributed by atoms with Crippen molar-refractivity contribution >= 4 is 21.5 Å². The zero-order chi connectivity index (χ0) is 25.4. The quantitative estimate of drug-likeness (QED) is 0.282. The van der Waals surface area contributed by atoms with Crippen molar-refractivity contribution < 1.29 is 27.4 Å². The van der Waals surface area contributed by atoms with Gasteiger partial charge in [0.25, 0.3) is 10.1 Å². The molecule has 180 valence electrons. The maximum Gasteiger partial charge on any atom is 0.265 e.